The van der Waals surface area contributed by atoms with Crippen molar-refractivity contribution in [3.05, 3.63) is 0 Å². The van der Waals surface area contributed by atoms with Gasteiger partial charge < -0.3 is 10.4 Å². The second-order valence-corrected chi connectivity index (χ2v) is 5.58. The average molecular weight is 255 g/mol. The highest BCUT2D eigenvalue weighted by Crippen LogP contribution is 2.29. The second-order valence-electron chi connectivity index (χ2n) is 5.58. The number of amides is 1. The number of carbonyl (C=O) groups is 2. The lowest BCUT2D eigenvalue weighted by atomic mass is 9.79. The maximum Gasteiger partial charge on any atom is 0.326 e. The molecular formula is C14H25NO3. The van der Waals surface area contributed by atoms with E-state index in [1.807, 2.05) is 13.8 Å². The fourth-order valence-electron chi connectivity index (χ4n) is 2.65. The molecule has 1 saturated carbocycles. The summed E-state index contributed by atoms with van der Waals surface area (Å²) in [5, 5.41) is 11.9. The number of carbonyl (C=O) groups excluding carboxylic acids is 1. The van der Waals surface area contributed by atoms with Crippen LogP contribution in [-0.4, -0.2) is 23.0 Å². The van der Waals surface area contributed by atoms with Crippen LogP contribution in [0.4, 0.5) is 0 Å². The molecule has 1 aliphatic rings. The van der Waals surface area contributed by atoms with Gasteiger partial charge in [0.1, 0.15) is 6.04 Å². The first-order valence-corrected chi connectivity index (χ1v) is 7.00. The molecule has 0 aromatic carbocycles. The lowest BCUT2D eigenvalue weighted by molar-refractivity contribution is -0.144. The van der Waals surface area contributed by atoms with Crippen LogP contribution < -0.4 is 5.32 Å². The predicted molar refractivity (Wildman–Crippen MR) is 70.1 cm³/mol. The number of nitrogens with one attached hydrogen (secondary N) is 1. The normalized spacial score (nSPS) is 27.3. The maximum absolute atomic E-state index is 12.2. The molecule has 2 N–H and O–H groups in total. The van der Waals surface area contributed by atoms with Crippen LogP contribution in [0.5, 0.6) is 0 Å². The minimum atomic E-state index is -0.929. The van der Waals surface area contributed by atoms with Crippen LogP contribution in [0.25, 0.3) is 0 Å². The molecule has 0 heterocycles. The molecule has 4 heteroatoms. The Morgan fingerprint density at radius 2 is 1.94 bits per heavy atom. The molecule has 0 bridgehead atoms. The van der Waals surface area contributed by atoms with Gasteiger partial charge in [0.05, 0.1) is 0 Å². The van der Waals surface area contributed by atoms with E-state index in [1.165, 1.54) is 6.42 Å². The van der Waals surface area contributed by atoms with Gasteiger partial charge in [0.25, 0.3) is 0 Å². The number of carboxylic acid groups (broad SMARTS) is 1. The Balaban J connectivity index is 2.63. The molecule has 1 amide bonds. The van der Waals surface area contributed by atoms with Gasteiger partial charge in [-0.15, -0.1) is 0 Å². The van der Waals surface area contributed by atoms with Gasteiger partial charge in [0, 0.05) is 5.92 Å². The summed E-state index contributed by atoms with van der Waals surface area (Å²) < 4.78 is 0. The van der Waals surface area contributed by atoms with Gasteiger partial charge in [-0.3, -0.25) is 4.79 Å². The lowest BCUT2D eigenvalue weighted by Crippen LogP contribution is -2.48. The van der Waals surface area contributed by atoms with Crippen LogP contribution in [0, 0.1) is 17.8 Å². The molecule has 0 aliphatic heterocycles. The Kier molecular flexibility index (Phi) is 5.63. The summed E-state index contributed by atoms with van der Waals surface area (Å²) in [7, 11) is 0. The standard InChI is InChI=1S/C14H25NO3/c1-4-9(2)12(14(17)18)15-13(16)11-8-6-5-7-10(11)3/h9-12H,4-8H2,1-3H3,(H,15,16)(H,17,18)/t9-,10+,11-,12-/m1/s1. The van der Waals surface area contributed by atoms with Crippen molar-refractivity contribution in [2.24, 2.45) is 17.8 Å². The van der Waals surface area contributed by atoms with Gasteiger partial charge in [0.15, 0.2) is 0 Å². The molecule has 0 unspecified atom stereocenters. The van der Waals surface area contributed by atoms with Crippen molar-refractivity contribution in [2.45, 2.75) is 58.9 Å². The summed E-state index contributed by atoms with van der Waals surface area (Å²) in [4.78, 5) is 23.4. The third-order valence-electron chi connectivity index (χ3n) is 4.23. The van der Waals surface area contributed by atoms with Crippen molar-refractivity contribution in [1.82, 2.24) is 5.32 Å². The Bertz CT molecular complexity index is 303. The number of hydrogen-bond acceptors (Lipinski definition) is 2. The number of aliphatic carboxylic acids is 1. The van der Waals surface area contributed by atoms with Crippen LogP contribution in [0.15, 0.2) is 0 Å². The molecule has 104 valence electrons. The monoisotopic (exact) mass is 255 g/mol. The molecule has 18 heavy (non-hydrogen) atoms. The zero-order valence-electron chi connectivity index (χ0n) is 11.6. The lowest BCUT2D eigenvalue weighted by Gasteiger charge is -2.30. The maximum atomic E-state index is 12.2. The summed E-state index contributed by atoms with van der Waals surface area (Å²) in [6.07, 6.45) is 4.96. The molecule has 1 rings (SSSR count). The van der Waals surface area contributed by atoms with Crippen molar-refractivity contribution in [3.8, 4) is 0 Å². The fraction of sp³-hybridized carbons (Fsp3) is 0.857. The summed E-state index contributed by atoms with van der Waals surface area (Å²) >= 11 is 0. The molecular weight excluding hydrogens is 230 g/mol. The van der Waals surface area contributed by atoms with Gasteiger partial charge in [-0.1, -0.05) is 40.0 Å². The molecule has 0 spiro atoms. The van der Waals surface area contributed by atoms with E-state index in [0.29, 0.717) is 5.92 Å². The van der Waals surface area contributed by atoms with E-state index in [0.717, 1.165) is 25.7 Å². The molecule has 0 aromatic rings. The summed E-state index contributed by atoms with van der Waals surface area (Å²) in [6.45, 7) is 5.89. The Morgan fingerprint density at radius 1 is 1.33 bits per heavy atom. The van der Waals surface area contributed by atoms with E-state index in [2.05, 4.69) is 12.2 Å². The Labute approximate surface area is 109 Å². The topological polar surface area (TPSA) is 66.4 Å². The van der Waals surface area contributed by atoms with Crippen LogP contribution in [0.3, 0.4) is 0 Å². The van der Waals surface area contributed by atoms with Gasteiger partial charge >= 0.3 is 5.97 Å². The van der Waals surface area contributed by atoms with Gasteiger partial charge in [-0.05, 0) is 24.7 Å². The molecule has 4 nitrogen and oxygen atoms in total. The van der Waals surface area contributed by atoms with E-state index in [1.54, 1.807) is 0 Å². The van der Waals surface area contributed by atoms with Crippen molar-refractivity contribution >= 4 is 11.9 Å². The quantitative estimate of drug-likeness (QED) is 0.793. The summed E-state index contributed by atoms with van der Waals surface area (Å²) in [5.41, 5.74) is 0. The Morgan fingerprint density at radius 3 is 2.44 bits per heavy atom. The third-order valence-corrected chi connectivity index (χ3v) is 4.23. The summed E-state index contributed by atoms with van der Waals surface area (Å²) in [6, 6.07) is -0.753. The molecule has 1 fully saturated rings. The first-order valence-electron chi connectivity index (χ1n) is 7.00. The van der Waals surface area contributed by atoms with Crippen molar-refractivity contribution < 1.29 is 14.7 Å². The largest absolute Gasteiger partial charge is 0.480 e. The van der Waals surface area contributed by atoms with Crippen LogP contribution in [-0.2, 0) is 9.59 Å². The highest BCUT2D eigenvalue weighted by Gasteiger charge is 2.32. The van der Waals surface area contributed by atoms with Crippen LogP contribution >= 0.6 is 0 Å². The fourth-order valence-corrected chi connectivity index (χ4v) is 2.65. The zero-order valence-corrected chi connectivity index (χ0v) is 11.6. The molecule has 0 saturated heterocycles. The summed E-state index contributed by atoms with van der Waals surface area (Å²) in [5.74, 6) is -0.684. The third kappa shape index (κ3) is 3.72. The van der Waals surface area contributed by atoms with Gasteiger partial charge in [-0.2, -0.15) is 0 Å². The van der Waals surface area contributed by atoms with E-state index >= 15 is 0 Å². The van der Waals surface area contributed by atoms with E-state index in [4.69, 9.17) is 0 Å². The van der Waals surface area contributed by atoms with Crippen molar-refractivity contribution in [1.29, 1.82) is 0 Å². The Hall–Kier alpha value is -1.06. The van der Waals surface area contributed by atoms with Crippen LogP contribution in [0.1, 0.15) is 52.9 Å². The van der Waals surface area contributed by atoms with Gasteiger partial charge in [0.2, 0.25) is 5.91 Å². The minimum absolute atomic E-state index is 0.00958. The van der Waals surface area contributed by atoms with Crippen LogP contribution in [0.2, 0.25) is 0 Å². The molecule has 1 aliphatic carbocycles. The SMILES string of the molecule is CC[C@@H](C)[C@@H](NC(=O)[C@@H]1CCCC[C@@H]1C)C(=O)O. The van der Waals surface area contributed by atoms with Crippen molar-refractivity contribution in [3.63, 3.8) is 0 Å². The van der Waals surface area contributed by atoms with Gasteiger partial charge in [-0.25, -0.2) is 4.79 Å². The number of carboxylic acids is 1. The highest BCUT2D eigenvalue weighted by molar-refractivity contribution is 5.85. The minimum Gasteiger partial charge on any atom is -0.480 e. The second kappa shape index (κ2) is 6.76. The molecule has 0 aromatic heterocycles. The highest BCUT2D eigenvalue weighted by atomic mass is 16.4. The average Bonchev–Trinajstić information content (AvgIpc) is 2.35. The van der Waals surface area contributed by atoms with Crippen molar-refractivity contribution in [2.75, 3.05) is 0 Å². The smallest absolute Gasteiger partial charge is 0.326 e. The zero-order chi connectivity index (χ0) is 13.7. The number of hydrogen-bond donors (Lipinski definition) is 2. The first kappa shape index (κ1) is 15.0. The van der Waals surface area contributed by atoms with E-state index in [9.17, 15) is 14.7 Å². The van der Waals surface area contributed by atoms with E-state index in [-0.39, 0.29) is 17.7 Å². The number of rotatable bonds is 5. The predicted octanol–water partition coefficient (Wildman–Crippen LogP) is 2.43. The first-order chi connectivity index (χ1) is 8.47. The van der Waals surface area contributed by atoms with E-state index < -0.39 is 12.0 Å². The molecule has 0 radical (unpaired) electrons. The molecule has 4 atom stereocenters.